The molecule has 2 aromatic carbocycles. The molecule has 5 rings (SSSR count). The molecule has 0 aliphatic carbocycles. The molecule has 3 heterocycles. The monoisotopic (exact) mass is 440 g/mol. The van der Waals surface area contributed by atoms with Crippen molar-refractivity contribution in [3.05, 3.63) is 54.1 Å². The molecule has 1 unspecified atom stereocenters. The molecule has 3 aliphatic heterocycles. The van der Waals surface area contributed by atoms with Crippen LogP contribution in [-0.4, -0.2) is 17.7 Å². The van der Waals surface area contributed by atoms with E-state index in [1.807, 2.05) is 0 Å². The molecule has 0 radical (unpaired) electrons. The Morgan fingerprint density at radius 1 is 0.724 bits per heavy atom. The molecule has 0 aromatic heterocycles. The maximum atomic E-state index is 14.3. The summed E-state index contributed by atoms with van der Waals surface area (Å²) in [4.78, 5) is 0. The first-order chi connectivity index (χ1) is 13.4. The fourth-order valence-electron chi connectivity index (χ4n) is 3.87. The van der Waals surface area contributed by atoms with Gasteiger partial charge in [0.15, 0.2) is 0 Å². The zero-order valence-electron chi connectivity index (χ0n) is 14.4. The van der Waals surface area contributed by atoms with Gasteiger partial charge in [0, 0.05) is 0 Å². The van der Waals surface area contributed by atoms with Gasteiger partial charge in [0.1, 0.15) is 0 Å². The van der Waals surface area contributed by atoms with E-state index in [4.69, 9.17) is 22.8 Å². The van der Waals surface area contributed by atoms with Crippen LogP contribution >= 0.6 is 7.51 Å². The van der Waals surface area contributed by atoms with Gasteiger partial charge in [-0.25, -0.2) is 0 Å². The Kier molecular flexibility index (Phi) is 3.18. The Morgan fingerprint density at radius 3 is 1.69 bits per heavy atom. The van der Waals surface area contributed by atoms with E-state index in [1.165, 1.54) is 36.4 Å². The molecule has 156 valence electrons. The van der Waals surface area contributed by atoms with Gasteiger partial charge in [-0.15, -0.1) is 0 Å². The number of halogens is 6. The molecule has 1 saturated heterocycles. The number of rotatable bonds is 0. The van der Waals surface area contributed by atoms with Crippen molar-refractivity contribution >= 4 is 7.51 Å². The molecule has 12 heteroatoms. The Morgan fingerprint density at radius 2 is 1.17 bits per heavy atom. The molecule has 1 fully saturated rings. The van der Waals surface area contributed by atoms with Gasteiger partial charge >= 0.3 is 158 Å². The van der Waals surface area contributed by atoms with Crippen molar-refractivity contribution < 1.29 is 49.2 Å². The van der Waals surface area contributed by atoms with Crippen molar-refractivity contribution in [3.8, 4) is 17.2 Å². The molecular weight excluding hydrogens is 429 g/mol. The summed E-state index contributed by atoms with van der Waals surface area (Å²) in [6.45, 7) is 0.942. The number of ether oxygens (including phenoxy) is 1. The summed E-state index contributed by atoms with van der Waals surface area (Å²) in [7, 11) is -6.64. The minimum atomic E-state index is -6.64. The van der Waals surface area contributed by atoms with Crippen LogP contribution in [0.1, 0.15) is 12.5 Å². The first-order valence-corrected chi connectivity index (χ1v) is 10.1. The predicted molar refractivity (Wildman–Crippen MR) is 86.1 cm³/mol. The summed E-state index contributed by atoms with van der Waals surface area (Å²) < 4.78 is 112. The minimum absolute atomic E-state index is 0.159. The van der Waals surface area contributed by atoms with E-state index in [0.29, 0.717) is 0 Å². The van der Waals surface area contributed by atoms with Gasteiger partial charge in [-0.3, -0.25) is 0 Å². The molecule has 0 amide bonds. The van der Waals surface area contributed by atoms with Crippen molar-refractivity contribution in [1.82, 2.24) is 0 Å². The second-order valence-corrected chi connectivity index (χ2v) is 9.79. The predicted octanol–water partition coefficient (Wildman–Crippen LogP) is 5.80. The molecule has 2 aromatic rings. The van der Waals surface area contributed by atoms with Gasteiger partial charge in [-0.2, -0.15) is 0 Å². The van der Waals surface area contributed by atoms with E-state index in [-0.39, 0.29) is 22.8 Å². The fourth-order valence-corrected chi connectivity index (χ4v) is 7.97. The van der Waals surface area contributed by atoms with Crippen molar-refractivity contribution in [2.24, 2.45) is 0 Å². The van der Waals surface area contributed by atoms with Crippen LogP contribution in [0.5, 0.6) is 17.2 Å². The topological polar surface area (TPSA) is 46.2 Å². The summed E-state index contributed by atoms with van der Waals surface area (Å²) in [5.41, 5.74) is -0.159. The fraction of sp³-hybridized carbons (Fsp3) is 0.294. The van der Waals surface area contributed by atoms with Crippen molar-refractivity contribution in [2.45, 2.75) is 30.4 Å². The number of hydrogen-bond acceptors (Lipinski definition) is 5. The average molecular weight is 440 g/mol. The first kappa shape index (κ1) is 18.8. The maximum absolute atomic E-state index is 14.3. The summed E-state index contributed by atoms with van der Waals surface area (Å²) in [5, 5.41) is -5.02. The third-order valence-electron chi connectivity index (χ3n) is 4.95. The third-order valence-corrected chi connectivity index (χ3v) is 8.77. The summed E-state index contributed by atoms with van der Waals surface area (Å²) in [5.74, 6) is -3.58. The van der Waals surface area contributed by atoms with Gasteiger partial charge in [-0.1, -0.05) is 0 Å². The van der Waals surface area contributed by atoms with E-state index >= 15 is 0 Å². The second-order valence-electron chi connectivity index (χ2n) is 6.81. The molecule has 5 nitrogen and oxygen atoms in total. The zero-order valence-corrected chi connectivity index (χ0v) is 15.3. The molecule has 0 N–H and O–H groups in total. The van der Waals surface area contributed by atoms with Crippen molar-refractivity contribution in [2.75, 3.05) is 0 Å². The zero-order chi connectivity index (χ0) is 20.9. The second kappa shape index (κ2) is 4.91. The standard InChI is InChI=1S/C17H11F6O5P/c1-14-10-6-2-3-7-11(10)24-29(28-14,25-12-8-4-5-9-13(12)26-29)15(27-14,16(18,19)20)17(21,22)23/h2-9H,1H3. The van der Waals surface area contributed by atoms with Gasteiger partial charge in [0.25, 0.3) is 0 Å². The van der Waals surface area contributed by atoms with Crippen LogP contribution in [0.4, 0.5) is 26.3 Å². The number of hydrogen-bond donors (Lipinski definition) is 0. The molecule has 29 heavy (non-hydrogen) atoms. The number of para-hydroxylation sites is 3. The van der Waals surface area contributed by atoms with Crippen molar-refractivity contribution in [1.29, 1.82) is 0 Å². The Bertz CT molecular complexity index is 998. The van der Waals surface area contributed by atoms with Gasteiger partial charge in [0.2, 0.25) is 0 Å². The summed E-state index contributed by atoms with van der Waals surface area (Å²) in [6, 6.07) is 10.3. The van der Waals surface area contributed by atoms with Crippen LogP contribution in [0.2, 0.25) is 0 Å². The summed E-state index contributed by atoms with van der Waals surface area (Å²) >= 11 is 0. The molecule has 2 bridgehead atoms. The van der Waals surface area contributed by atoms with Gasteiger partial charge in [0.05, 0.1) is 0 Å². The van der Waals surface area contributed by atoms with Crippen LogP contribution in [0, 0.1) is 0 Å². The van der Waals surface area contributed by atoms with E-state index < -0.39 is 31.0 Å². The van der Waals surface area contributed by atoms with E-state index in [0.717, 1.165) is 19.1 Å². The Balaban J connectivity index is 1.90. The Labute approximate surface area is 159 Å². The molecular formula is C17H11F6O5P. The first-order valence-electron chi connectivity index (χ1n) is 8.22. The average Bonchev–Trinajstić information content (AvgIpc) is 3.01. The molecule has 0 saturated carbocycles. The number of alkyl halides is 6. The number of benzene rings is 2. The molecule has 1 atom stereocenters. The Hall–Kier alpha value is -2.23. The molecule has 1 spiro atoms. The van der Waals surface area contributed by atoms with Crippen LogP contribution < -0.4 is 13.6 Å². The van der Waals surface area contributed by atoms with Crippen molar-refractivity contribution in [3.63, 3.8) is 0 Å². The summed E-state index contributed by atoms with van der Waals surface area (Å²) in [6.07, 6.45) is -12.1. The third kappa shape index (κ3) is 1.93. The normalized spacial score (nSPS) is 28.9. The van der Waals surface area contributed by atoms with Gasteiger partial charge < -0.3 is 0 Å². The quantitative estimate of drug-likeness (QED) is 0.383. The van der Waals surface area contributed by atoms with Gasteiger partial charge in [-0.05, 0) is 0 Å². The van der Waals surface area contributed by atoms with Crippen LogP contribution in [0.25, 0.3) is 0 Å². The van der Waals surface area contributed by atoms with Crippen LogP contribution in [0.15, 0.2) is 48.5 Å². The van der Waals surface area contributed by atoms with E-state index in [1.54, 1.807) is 0 Å². The SMILES string of the molecule is CC12OC(C(F)(F)F)(C(F)(F)F)P3(Oc4ccccc4O3)(Oc3ccccc31)O2. The molecule has 3 aliphatic rings. The van der Waals surface area contributed by atoms with Crippen LogP contribution in [-0.2, 0) is 15.0 Å². The number of fused-ring (bicyclic) bond motifs is 4. The van der Waals surface area contributed by atoms with E-state index in [2.05, 4.69) is 0 Å². The van der Waals surface area contributed by atoms with E-state index in [9.17, 15) is 26.3 Å². The van der Waals surface area contributed by atoms with Crippen LogP contribution in [0.3, 0.4) is 0 Å².